The summed E-state index contributed by atoms with van der Waals surface area (Å²) in [5, 5.41) is 9.25. The highest BCUT2D eigenvalue weighted by Gasteiger charge is 2.09. The highest BCUT2D eigenvalue weighted by molar-refractivity contribution is 6.36. The lowest BCUT2D eigenvalue weighted by Crippen LogP contribution is -2.29. The molecule has 0 heterocycles. The molecule has 1 rings (SSSR count). The lowest BCUT2D eigenvalue weighted by atomic mass is 10.1. The molecule has 0 aliphatic heterocycles. The number of hydrogen-bond donors (Lipinski definition) is 3. The van der Waals surface area contributed by atoms with Crippen LogP contribution in [0, 0.1) is 0 Å². The maximum absolute atomic E-state index is 10.2. The average molecular weight is 321 g/mol. The third kappa shape index (κ3) is 8.12. The minimum absolute atomic E-state index is 0.391. The molecule has 1 atom stereocenters. The lowest BCUT2D eigenvalue weighted by molar-refractivity contribution is -0.138. The normalized spacial score (nSPS) is 11.2. The van der Waals surface area contributed by atoms with E-state index in [1.165, 1.54) is 6.07 Å². The van der Waals surface area contributed by atoms with Gasteiger partial charge in [0.15, 0.2) is 6.29 Å². The molecule has 0 radical (unpaired) electrons. The smallest absolute Gasteiger partial charge is 0.320 e. The number of nitrogens with two attached hydrogens (primary N) is 2. The van der Waals surface area contributed by atoms with Crippen molar-refractivity contribution in [3.8, 4) is 0 Å². The SMILES string of the molecule is NCCCC[C@H](N)C(=O)O.O=Cc1ccc(Cl)cc1Cl. The Labute approximate surface area is 127 Å². The molecule has 0 aromatic heterocycles. The Hall–Kier alpha value is -1.14. The van der Waals surface area contributed by atoms with Gasteiger partial charge in [0, 0.05) is 10.6 Å². The number of carbonyl (C=O) groups is 2. The van der Waals surface area contributed by atoms with Crippen molar-refractivity contribution in [1.29, 1.82) is 0 Å². The Balaban J connectivity index is 0.000000361. The molecule has 0 saturated heterocycles. The van der Waals surface area contributed by atoms with E-state index in [9.17, 15) is 9.59 Å². The summed E-state index contributed by atoms with van der Waals surface area (Å²) >= 11 is 11.2. The van der Waals surface area contributed by atoms with Crippen LogP contribution >= 0.6 is 23.2 Å². The summed E-state index contributed by atoms with van der Waals surface area (Å²) in [5.41, 5.74) is 10.9. The van der Waals surface area contributed by atoms with E-state index in [1.54, 1.807) is 12.1 Å². The summed E-state index contributed by atoms with van der Waals surface area (Å²) < 4.78 is 0. The molecule has 0 saturated carbocycles. The van der Waals surface area contributed by atoms with Crippen molar-refractivity contribution in [3.05, 3.63) is 33.8 Å². The van der Waals surface area contributed by atoms with Gasteiger partial charge in [-0.25, -0.2) is 0 Å². The molecule has 1 aromatic carbocycles. The Morgan fingerprint density at radius 3 is 2.45 bits per heavy atom. The standard InChI is InChI=1S/C7H4Cl2O.C6H14N2O2/c8-6-2-1-5(4-10)7(9)3-6;7-4-2-1-3-5(8)6(9)10/h1-4H;5H,1-4,7-8H2,(H,9,10)/t;5-/m.0/s1. The number of carboxylic acid groups (broad SMARTS) is 1. The molecule has 0 unspecified atom stereocenters. The number of aliphatic carboxylic acids is 1. The van der Waals surface area contributed by atoms with Crippen LogP contribution in [0.5, 0.6) is 0 Å². The summed E-state index contributed by atoms with van der Waals surface area (Å²) in [6.07, 6.45) is 2.86. The molecule has 0 fully saturated rings. The van der Waals surface area contributed by atoms with Crippen molar-refractivity contribution in [3.63, 3.8) is 0 Å². The number of benzene rings is 1. The zero-order valence-corrected chi connectivity index (χ0v) is 12.4. The van der Waals surface area contributed by atoms with Crippen LogP contribution in [-0.4, -0.2) is 29.9 Å². The number of aldehydes is 1. The molecule has 0 aliphatic rings. The summed E-state index contributed by atoms with van der Waals surface area (Å²) in [4.78, 5) is 20.3. The number of carbonyl (C=O) groups excluding carboxylic acids is 1. The van der Waals surface area contributed by atoms with Crippen LogP contribution in [0.1, 0.15) is 29.6 Å². The highest BCUT2D eigenvalue weighted by Crippen LogP contribution is 2.18. The fourth-order valence-electron chi connectivity index (χ4n) is 1.23. The molecule has 20 heavy (non-hydrogen) atoms. The molecule has 0 aliphatic carbocycles. The van der Waals surface area contributed by atoms with Gasteiger partial charge in [-0.15, -0.1) is 0 Å². The zero-order chi connectivity index (χ0) is 15.5. The second kappa shape index (κ2) is 10.6. The Morgan fingerprint density at radius 2 is 2.00 bits per heavy atom. The van der Waals surface area contributed by atoms with Gasteiger partial charge in [-0.05, 0) is 37.6 Å². The van der Waals surface area contributed by atoms with Crippen molar-refractivity contribution in [1.82, 2.24) is 0 Å². The lowest BCUT2D eigenvalue weighted by Gasteiger charge is -2.03. The predicted molar refractivity (Wildman–Crippen MR) is 80.4 cm³/mol. The largest absolute Gasteiger partial charge is 0.480 e. The summed E-state index contributed by atoms with van der Waals surface area (Å²) in [6.45, 7) is 0.604. The van der Waals surface area contributed by atoms with Crippen molar-refractivity contribution in [2.75, 3.05) is 6.54 Å². The third-order valence-electron chi connectivity index (χ3n) is 2.38. The number of rotatable bonds is 6. The van der Waals surface area contributed by atoms with Gasteiger partial charge < -0.3 is 16.6 Å². The molecule has 5 N–H and O–H groups in total. The number of unbranched alkanes of at least 4 members (excludes halogenated alkanes) is 1. The first-order chi connectivity index (χ1) is 9.42. The Bertz CT molecular complexity index is 442. The van der Waals surface area contributed by atoms with Crippen molar-refractivity contribution in [2.45, 2.75) is 25.3 Å². The van der Waals surface area contributed by atoms with Crippen LogP contribution in [0.4, 0.5) is 0 Å². The van der Waals surface area contributed by atoms with Crippen LogP contribution in [0.2, 0.25) is 10.0 Å². The quantitative estimate of drug-likeness (QED) is 0.551. The van der Waals surface area contributed by atoms with Gasteiger partial charge in [-0.1, -0.05) is 29.6 Å². The number of halogens is 2. The van der Waals surface area contributed by atoms with Crippen molar-refractivity contribution >= 4 is 35.5 Å². The van der Waals surface area contributed by atoms with Gasteiger partial charge in [0.25, 0.3) is 0 Å². The molecular weight excluding hydrogens is 303 g/mol. The van der Waals surface area contributed by atoms with Crippen LogP contribution in [0.15, 0.2) is 18.2 Å². The van der Waals surface area contributed by atoms with E-state index in [1.807, 2.05) is 0 Å². The molecule has 0 spiro atoms. The molecule has 112 valence electrons. The maximum atomic E-state index is 10.2. The maximum Gasteiger partial charge on any atom is 0.320 e. The Kier molecular flexibility index (Phi) is 10.0. The molecule has 7 heteroatoms. The fourth-order valence-corrected chi connectivity index (χ4v) is 1.68. The van der Waals surface area contributed by atoms with Crippen LogP contribution < -0.4 is 11.5 Å². The summed E-state index contributed by atoms with van der Waals surface area (Å²) in [6, 6.07) is 4.02. The molecule has 1 aromatic rings. The van der Waals surface area contributed by atoms with Gasteiger partial charge in [-0.2, -0.15) is 0 Å². The molecule has 5 nitrogen and oxygen atoms in total. The summed E-state index contributed by atoms with van der Waals surface area (Å²) in [7, 11) is 0. The van der Waals surface area contributed by atoms with Crippen LogP contribution in [0.25, 0.3) is 0 Å². The first-order valence-corrected chi connectivity index (χ1v) is 6.76. The van der Waals surface area contributed by atoms with Crippen molar-refractivity contribution < 1.29 is 14.7 Å². The van der Waals surface area contributed by atoms with E-state index in [0.717, 1.165) is 12.8 Å². The fraction of sp³-hybridized carbons (Fsp3) is 0.385. The average Bonchev–Trinajstić information content (AvgIpc) is 2.39. The van der Waals surface area contributed by atoms with Crippen LogP contribution in [-0.2, 0) is 4.79 Å². The van der Waals surface area contributed by atoms with Gasteiger partial charge in [0.2, 0.25) is 0 Å². The van der Waals surface area contributed by atoms with E-state index in [4.69, 9.17) is 39.8 Å². The number of hydrogen-bond acceptors (Lipinski definition) is 4. The molecule has 0 amide bonds. The van der Waals surface area contributed by atoms with E-state index in [2.05, 4.69) is 0 Å². The first-order valence-electron chi connectivity index (χ1n) is 6.01. The minimum atomic E-state index is -0.933. The van der Waals surface area contributed by atoms with Crippen molar-refractivity contribution in [2.24, 2.45) is 11.5 Å². The van der Waals surface area contributed by atoms with E-state index in [0.29, 0.717) is 34.9 Å². The number of carboxylic acids is 1. The molecule has 0 bridgehead atoms. The van der Waals surface area contributed by atoms with Gasteiger partial charge in [0.05, 0.1) is 5.02 Å². The highest BCUT2D eigenvalue weighted by atomic mass is 35.5. The summed E-state index contributed by atoms with van der Waals surface area (Å²) in [5.74, 6) is -0.933. The van der Waals surface area contributed by atoms with Crippen LogP contribution in [0.3, 0.4) is 0 Å². The minimum Gasteiger partial charge on any atom is -0.480 e. The second-order valence-corrected chi connectivity index (χ2v) is 4.86. The topological polar surface area (TPSA) is 106 Å². The monoisotopic (exact) mass is 320 g/mol. The predicted octanol–water partition coefficient (Wildman–Crippen LogP) is 2.33. The van der Waals surface area contributed by atoms with E-state index in [-0.39, 0.29) is 0 Å². The van der Waals surface area contributed by atoms with E-state index < -0.39 is 12.0 Å². The van der Waals surface area contributed by atoms with Gasteiger partial charge in [-0.3, -0.25) is 9.59 Å². The van der Waals surface area contributed by atoms with Gasteiger partial charge >= 0.3 is 5.97 Å². The first kappa shape index (κ1) is 18.9. The second-order valence-electron chi connectivity index (χ2n) is 4.01. The third-order valence-corrected chi connectivity index (χ3v) is 2.94. The zero-order valence-electron chi connectivity index (χ0n) is 10.9. The molecular formula is C13H18Cl2N2O3. The van der Waals surface area contributed by atoms with E-state index >= 15 is 0 Å². The Morgan fingerprint density at radius 1 is 1.35 bits per heavy atom. The van der Waals surface area contributed by atoms with Gasteiger partial charge in [0.1, 0.15) is 6.04 Å².